The number of halogens is 2. The Kier molecular flexibility index (Phi) is 3.04. The van der Waals surface area contributed by atoms with Gasteiger partial charge < -0.3 is 4.74 Å². The van der Waals surface area contributed by atoms with Crippen molar-refractivity contribution in [3.8, 4) is 0 Å². The van der Waals surface area contributed by atoms with Gasteiger partial charge in [0.25, 0.3) is 5.92 Å². The molecule has 0 fully saturated rings. The van der Waals surface area contributed by atoms with E-state index in [0.29, 0.717) is 0 Å². The van der Waals surface area contributed by atoms with Crippen LogP contribution in [0.15, 0.2) is 0 Å². The van der Waals surface area contributed by atoms with E-state index in [9.17, 15) is 8.78 Å². The smallest absolute Gasteiger partial charge is 0.273 e. The third-order valence-corrected chi connectivity index (χ3v) is 1.18. The summed E-state index contributed by atoms with van der Waals surface area (Å²) in [6.45, 7) is 2.46. The van der Waals surface area contributed by atoms with Crippen LogP contribution in [0.25, 0.3) is 0 Å². The molecule has 0 amide bonds. The number of hydrogen-bond acceptors (Lipinski definition) is 1. The molecule has 0 aliphatic carbocycles. The molecule has 0 bridgehead atoms. The Balaban J connectivity index is 3.70. The van der Waals surface area contributed by atoms with Crippen molar-refractivity contribution in [1.29, 1.82) is 0 Å². The molecule has 0 heterocycles. The van der Waals surface area contributed by atoms with Gasteiger partial charge in [-0.2, -0.15) is 0 Å². The third-order valence-electron chi connectivity index (χ3n) is 1.18. The third kappa shape index (κ3) is 2.75. The standard InChI is InChI=1S/C6H12F2O/c1-5(2)6(7,8)4-9-3/h5H,4H2,1-3H3. The average Bonchev–Trinajstić information content (AvgIpc) is 1.65. The SMILES string of the molecule is COCC(F)(F)C(C)C. The molecule has 0 aromatic rings. The first-order valence-corrected chi connectivity index (χ1v) is 2.87. The second-order valence-corrected chi connectivity index (χ2v) is 2.35. The maximum Gasteiger partial charge on any atom is 0.273 e. The Labute approximate surface area is 54.0 Å². The molecule has 0 aromatic heterocycles. The molecule has 0 N–H and O–H groups in total. The fraction of sp³-hybridized carbons (Fsp3) is 1.00. The van der Waals surface area contributed by atoms with Gasteiger partial charge in [-0.15, -0.1) is 0 Å². The predicted molar refractivity (Wildman–Crippen MR) is 31.7 cm³/mol. The summed E-state index contributed by atoms with van der Waals surface area (Å²) in [5.41, 5.74) is 0. The maximum absolute atomic E-state index is 12.4. The van der Waals surface area contributed by atoms with Crippen LogP contribution in [0.5, 0.6) is 0 Å². The molecule has 0 saturated carbocycles. The highest BCUT2D eigenvalue weighted by Crippen LogP contribution is 2.23. The quantitative estimate of drug-likeness (QED) is 0.579. The van der Waals surface area contributed by atoms with Gasteiger partial charge >= 0.3 is 0 Å². The highest BCUT2D eigenvalue weighted by Gasteiger charge is 2.32. The number of methoxy groups -OCH3 is 1. The van der Waals surface area contributed by atoms with Crippen molar-refractivity contribution in [1.82, 2.24) is 0 Å². The molecule has 0 atom stereocenters. The summed E-state index contributed by atoms with van der Waals surface area (Å²) in [6, 6.07) is 0. The summed E-state index contributed by atoms with van der Waals surface area (Å²) in [7, 11) is 1.27. The lowest BCUT2D eigenvalue weighted by Gasteiger charge is -2.18. The minimum Gasteiger partial charge on any atom is -0.378 e. The molecular formula is C6H12F2O. The van der Waals surface area contributed by atoms with E-state index in [2.05, 4.69) is 4.74 Å². The fourth-order valence-corrected chi connectivity index (χ4v) is 0.359. The van der Waals surface area contributed by atoms with Crippen LogP contribution in [0, 0.1) is 5.92 Å². The summed E-state index contributed by atoms with van der Waals surface area (Å²) < 4.78 is 29.2. The molecule has 0 aliphatic rings. The molecule has 0 aliphatic heterocycles. The second kappa shape index (κ2) is 3.11. The molecule has 0 saturated heterocycles. The van der Waals surface area contributed by atoms with Crippen molar-refractivity contribution in [2.24, 2.45) is 5.92 Å². The van der Waals surface area contributed by atoms with Crippen molar-refractivity contribution in [2.75, 3.05) is 13.7 Å². The van der Waals surface area contributed by atoms with Gasteiger partial charge in [-0.05, 0) is 0 Å². The van der Waals surface area contributed by atoms with Crippen molar-refractivity contribution in [3.05, 3.63) is 0 Å². The van der Waals surface area contributed by atoms with Gasteiger partial charge in [0.15, 0.2) is 0 Å². The zero-order valence-corrected chi connectivity index (χ0v) is 5.95. The number of ether oxygens (including phenoxy) is 1. The first-order chi connectivity index (χ1) is 4.00. The van der Waals surface area contributed by atoms with E-state index in [1.54, 1.807) is 0 Å². The van der Waals surface area contributed by atoms with Crippen molar-refractivity contribution in [2.45, 2.75) is 19.8 Å². The van der Waals surface area contributed by atoms with Crippen LogP contribution in [0.1, 0.15) is 13.8 Å². The molecule has 0 radical (unpaired) electrons. The zero-order valence-electron chi connectivity index (χ0n) is 5.95. The van der Waals surface area contributed by atoms with Crippen LogP contribution in [-0.2, 0) is 4.74 Å². The van der Waals surface area contributed by atoms with Gasteiger partial charge in [-0.25, -0.2) is 8.78 Å². The van der Waals surface area contributed by atoms with E-state index >= 15 is 0 Å². The summed E-state index contributed by atoms with van der Waals surface area (Å²) in [4.78, 5) is 0. The van der Waals surface area contributed by atoms with Gasteiger partial charge in [-0.1, -0.05) is 13.8 Å². The Morgan fingerprint density at radius 2 is 1.89 bits per heavy atom. The van der Waals surface area contributed by atoms with E-state index in [1.165, 1.54) is 21.0 Å². The Hall–Kier alpha value is -0.180. The van der Waals surface area contributed by atoms with Crippen LogP contribution in [0.2, 0.25) is 0 Å². The van der Waals surface area contributed by atoms with E-state index in [-0.39, 0.29) is 0 Å². The molecule has 1 nitrogen and oxygen atoms in total. The Bertz CT molecular complexity index is 81.1. The topological polar surface area (TPSA) is 9.23 Å². The van der Waals surface area contributed by atoms with Gasteiger partial charge in [-0.3, -0.25) is 0 Å². The van der Waals surface area contributed by atoms with E-state index in [4.69, 9.17) is 0 Å². The molecule has 3 heteroatoms. The normalized spacial score (nSPS) is 12.7. The van der Waals surface area contributed by atoms with E-state index < -0.39 is 18.4 Å². The number of rotatable bonds is 3. The van der Waals surface area contributed by atoms with Gasteiger partial charge in [0.05, 0.1) is 0 Å². The summed E-state index contributed by atoms with van der Waals surface area (Å²) in [5, 5.41) is 0. The van der Waals surface area contributed by atoms with Gasteiger partial charge in [0, 0.05) is 13.0 Å². The molecule has 9 heavy (non-hydrogen) atoms. The lowest BCUT2D eigenvalue weighted by molar-refractivity contribution is -0.0976. The van der Waals surface area contributed by atoms with E-state index in [1.807, 2.05) is 0 Å². The predicted octanol–water partition coefficient (Wildman–Crippen LogP) is 1.92. The second-order valence-electron chi connectivity index (χ2n) is 2.35. The minimum atomic E-state index is -2.67. The highest BCUT2D eigenvalue weighted by molar-refractivity contribution is 4.68. The first-order valence-electron chi connectivity index (χ1n) is 2.87. The molecular weight excluding hydrogens is 126 g/mol. The highest BCUT2D eigenvalue weighted by atomic mass is 19.3. The molecule has 0 spiro atoms. The van der Waals surface area contributed by atoms with Gasteiger partial charge in [0.1, 0.15) is 6.61 Å². The number of hydrogen-bond donors (Lipinski definition) is 0. The average molecular weight is 138 g/mol. The van der Waals surface area contributed by atoms with Crippen molar-refractivity contribution in [3.63, 3.8) is 0 Å². The largest absolute Gasteiger partial charge is 0.378 e. The fourth-order valence-electron chi connectivity index (χ4n) is 0.359. The van der Waals surface area contributed by atoms with Crippen LogP contribution in [-0.4, -0.2) is 19.6 Å². The Morgan fingerprint density at radius 3 is 2.00 bits per heavy atom. The first kappa shape index (κ1) is 8.82. The Morgan fingerprint density at radius 1 is 1.44 bits per heavy atom. The van der Waals surface area contributed by atoms with Crippen molar-refractivity contribution < 1.29 is 13.5 Å². The van der Waals surface area contributed by atoms with Crippen LogP contribution in [0.3, 0.4) is 0 Å². The zero-order chi connectivity index (χ0) is 7.49. The lowest BCUT2D eigenvalue weighted by Crippen LogP contribution is -2.29. The van der Waals surface area contributed by atoms with Crippen LogP contribution >= 0.6 is 0 Å². The molecule has 0 rings (SSSR count). The molecule has 56 valence electrons. The monoisotopic (exact) mass is 138 g/mol. The molecule has 0 unspecified atom stereocenters. The van der Waals surface area contributed by atoms with Crippen molar-refractivity contribution >= 4 is 0 Å². The number of alkyl halides is 2. The minimum absolute atomic E-state index is 0.481. The lowest BCUT2D eigenvalue weighted by atomic mass is 10.1. The van der Waals surface area contributed by atoms with Crippen LogP contribution in [0.4, 0.5) is 8.78 Å². The van der Waals surface area contributed by atoms with Crippen LogP contribution < -0.4 is 0 Å². The van der Waals surface area contributed by atoms with Gasteiger partial charge in [0.2, 0.25) is 0 Å². The molecule has 0 aromatic carbocycles. The summed E-state index contributed by atoms with van der Waals surface area (Å²) in [5.74, 6) is -3.31. The summed E-state index contributed by atoms with van der Waals surface area (Å²) in [6.07, 6.45) is 0. The summed E-state index contributed by atoms with van der Waals surface area (Å²) >= 11 is 0. The van der Waals surface area contributed by atoms with E-state index in [0.717, 1.165) is 0 Å². The maximum atomic E-state index is 12.4.